The number of morpholine rings is 1. The fraction of sp³-hybridized carbons (Fsp3) is 0.500. The van der Waals surface area contributed by atoms with Gasteiger partial charge in [-0.15, -0.1) is 0 Å². The summed E-state index contributed by atoms with van der Waals surface area (Å²) in [6.45, 7) is 11.8. The Morgan fingerprint density at radius 2 is 1.84 bits per heavy atom. The molecule has 0 aliphatic carbocycles. The van der Waals surface area contributed by atoms with Gasteiger partial charge in [0.2, 0.25) is 0 Å². The normalized spacial score (nSPS) is 24.6. The Morgan fingerprint density at radius 3 is 2.65 bits per heavy atom. The van der Waals surface area contributed by atoms with Crippen molar-refractivity contribution >= 4 is 22.5 Å². The second kappa shape index (κ2) is 10.2. The van der Waals surface area contributed by atoms with Crippen molar-refractivity contribution in [3.8, 4) is 6.07 Å². The summed E-state index contributed by atoms with van der Waals surface area (Å²) >= 11 is 0. The van der Waals surface area contributed by atoms with E-state index in [0.29, 0.717) is 17.1 Å². The molecule has 2 fully saturated rings. The number of ether oxygens (including phenoxy) is 1. The third-order valence-electron chi connectivity index (χ3n) is 7.87. The van der Waals surface area contributed by atoms with Crippen LogP contribution in [0.25, 0.3) is 11.0 Å². The molecule has 6 rings (SSSR count). The van der Waals surface area contributed by atoms with Gasteiger partial charge in [-0.3, -0.25) is 14.9 Å². The molecule has 3 aliphatic heterocycles. The lowest BCUT2D eigenvalue weighted by molar-refractivity contribution is -0.0327. The largest absolute Gasteiger partial charge is 0.370 e. The maximum absolute atomic E-state index is 9.49. The topological polar surface area (TPSA) is 93.4 Å². The SMILES string of the molecule is C[C@@H]1CN(c2ccc(C#N)c3nccnc23)C[C@H](CN2CCN(c3cc4c(cn3)CCN[C@@H]4C)CC2)O1. The predicted molar refractivity (Wildman–Crippen MR) is 144 cm³/mol. The van der Waals surface area contributed by atoms with Crippen molar-refractivity contribution in [1.82, 2.24) is 25.2 Å². The van der Waals surface area contributed by atoms with Crippen LogP contribution in [0.4, 0.5) is 11.5 Å². The van der Waals surface area contributed by atoms with Crippen LogP contribution in [0.5, 0.6) is 0 Å². The Bertz CT molecular complexity index is 1320. The molecule has 5 heterocycles. The van der Waals surface area contributed by atoms with Crippen LogP contribution in [0.2, 0.25) is 0 Å². The number of nitrogens with one attached hydrogen (secondary N) is 1. The fourth-order valence-corrected chi connectivity index (χ4v) is 5.98. The Hall–Kier alpha value is -3.32. The lowest BCUT2D eigenvalue weighted by atomic mass is 9.97. The molecule has 0 unspecified atom stereocenters. The van der Waals surface area contributed by atoms with Gasteiger partial charge in [0.1, 0.15) is 22.9 Å². The first-order valence-electron chi connectivity index (χ1n) is 13.3. The van der Waals surface area contributed by atoms with Gasteiger partial charge in [-0.2, -0.15) is 5.26 Å². The highest BCUT2D eigenvalue weighted by Crippen LogP contribution is 2.30. The molecule has 3 aromatic rings. The van der Waals surface area contributed by atoms with Gasteiger partial charge in [0.05, 0.1) is 23.5 Å². The van der Waals surface area contributed by atoms with E-state index in [4.69, 9.17) is 9.72 Å². The number of rotatable bonds is 4. The van der Waals surface area contributed by atoms with E-state index in [1.54, 1.807) is 12.4 Å². The van der Waals surface area contributed by atoms with Crippen molar-refractivity contribution in [2.45, 2.75) is 38.5 Å². The number of nitrogens with zero attached hydrogens (tertiary/aromatic N) is 7. The maximum Gasteiger partial charge on any atom is 0.128 e. The zero-order chi connectivity index (χ0) is 25.4. The first-order chi connectivity index (χ1) is 18.1. The molecule has 0 bridgehead atoms. The second-order valence-corrected chi connectivity index (χ2v) is 10.4. The van der Waals surface area contributed by atoms with Crippen molar-refractivity contribution in [1.29, 1.82) is 5.26 Å². The van der Waals surface area contributed by atoms with Crippen molar-refractivity contribution in [3.05, 3.63) is 53.5 Å². The maximum atomic E-state index is 9.49. The van der Waals surface area contributed by atoms with Gasteiger partial charge in [-0.05, 0) is 56.1 Å². The molecule has 3 atom stereocenters. The van der Waals surface area contributed by atoms with Crippen LogP contribution in [-0.2, 0) is 11.2 Å². The lowest BCUT2D eigenvalue weighted by Crippen LogP contribution is -2.54. The van der Waals surface area contributed by atoms with E-state index in [2.05, 4.69) is 62.2 Å². The molecule has 1 aromatic carbocycles. The standard InChI is InChI=1S/C28H34N8O/c1-19-16-36(25-4-3-21(14-29)27-28(25)32-8-7-31-27)18-23(37-19)17-34-9-11-35(12-10-34)26-13-24-20(2)30-6-5-22(24)15-33-26/h3-4,7-8,13,15,19-20,23,30H,5-6,9-12,16-18H2,1-2H3/t19-,20-,23+/m1/s1. The summed E-state index contributed by atoms with van der Waals surface area (Å²) in [6.07, 6.45) is 6.70. The number of aromatic nitrogens is 3. The Balaban J connectivity index is 1.11. The first kappa shape index (κ1) is 24.0. The highest BCUT2D eigenvalue weighted by atomic mass is 16.5. The van der Waals surface area contributed by atoms with E-state index in [1.165, 1.54) is 11.1 Å². The molecule has 1 N–H and O–H groups in total. The lowest BCUT2D eigenvalue weighted by Gasteiger charge is -2.42. The summed E-state index contributed by atoms with van der Waals surface area (Å²) in [6, 6.07) is 8.78. The average molecular weight is 499 g/mol. The summed E-state index contributed by atoms with van der Waals surface area (Å²) in [5, 5.41) is 13.1. The molecule has 9 nitrogen and oxygen atoms in total. The van der Waals surface area contributed by atoms with Crippen LogP contribution in [0.3, 0.4) is 0 Å². The number of nitriles is 1. The van der Waals surface area contributed by atoms with Gasteiger partial charge in [-0.25, -0.2) is 4.98 Å². The van der Waals surface area contributed by atoms with Crippen molar-refractivity contribution in [2.75, 3.05) is 62.2 Å². The summed E-state index contributed by atoms with van der Waals surface area (Å²) in [5.74, 6) is 1.09. The molecule has 2 saturated heterocycles. The average Bonchev–Trinajstić information content (AvgIpc) is 2.92. The Labute approximate surface area is 218 Å². The Kier molecular flexibility index (Phi) is 6.63. The molecule has 0 amide bonds. The quantitative estimate of drug-likeness (QED) is 0.582. The Morgan fingerprint density at radius 1 is 1.03 bits per heavy atom. The number of benzene rings is 1. The van der Waals surface area contributed by atoms with Gasteiger partial charge in [0.15, 0.2) is 0 Å². The van der Waals surface area contributed by atoms with Crippen LogP contribution in [0.15, 0.2) is 36.8 Å². The van der Waals surface area contributed by atoms with Crippen LogP contribution in [0, 0.1) is 11.3 Å². The van der Waals surface area contributed by atoms with Gasteiger partial charge in [0, 0.05) is 70.4 Å². The van der Waals surface area contributed by atoms with Gasteiger partial charge >= 0.3 is 0 Å². The number of fused-ring (bicyclic) bond motifs is 2. The minimum atomic E-state index is 0.103. The van der Waals surface area contributed by atoms with Crippen LogP contribution in [0.1, 0.15) is 36.6 Å². The summed E-state index contributed by atoms with van der Waals surface area (Å²) < 4.78 is 6.38. The third kappa shape index (κ3) is 4.85. The summed E-state index contributed by atoms with van der Waals surface area (Å²) in [4.78, 5) is 21.1. The van der Waals surface area contributed by atoms with E-state index in [9.17, 15) is 5.26 Å². The number of anilines is 2. The number of hydrogen-bond acceptors (Lipinski definition) is 9. The molecule has 0 spiro atoms. The van der Waals surface area contributed by atoms with Gasteiger partial charge in [0.25, 0.3) is 0 Å². The predicted octanol–water partition coefficient (Wildman–Crippen LogP) is 2.52. The highest BCUT2D eigenvalue weighted by Gasteiger charge is 2.30. The summed E-state index contributed by atoms with van der Waals surface area (Å²) in [5.41, 5.74) is 5.79. The molecule has 9 heteroatoms. The van der Waals surface area contributed by atoms with E-state index in [0.717, 1.165) is 75.8 Å². The highest BCUT2D eigenvalue weighted by molar-refractivity contribution is 5.92. The molecular weight excluding hydrogens is 464 g/mol. The second-order valence-electron chi connectivity index (χ2n) is 10.4. The van der Waals surface area contributed by atoms with E-state index >= 15 is 0 Å². The molecular formula is C28H34N8O. The minimum absolute atomic E-state index is 0.103. The smallest absolute Gasteiger partial charge is 0.128 e. The van der Waals surface area contributed by atoms with Gasteiger partial charge in [-0.1, -0.05) is 0 Å². The summed E-state index contributed by atoms with van der Waals surface area (Å²) in [7, 11) is 0. The monoisotopic (exact) mass is 498 g/mol. The van der Waals surface area contributed by atoms with E-state index < -0.39 is 0 Å². The van der Waals surface area contributed by atoms with Gasteiger partial charge < -0.3 is 19.9 Å². The zero-order valence-electron chi connectivity index (χ0n) is 21.6. The molecule has 192 valence electrons. The van der Waals surface area contributed by atoms with Crippen molar-refractivity contribution < 1.29 is 4.74 Å². The van der Waals surface area contributed by atoms with Crippen molar-refractivity contribution in [3.63, 3.8) is 0 Å². The third-order valence-corrected chi connectivity index (χ3v) is 7.87. The van der Waals surface area contributed by atoms with Crippen LogP contribution < -0.4 is 15.1 Å². The molecule has 3 aliphatic rings. The van der Waals surface area contributed by atoms with Crippen LogP contribution in [-0.4, -0.2) is 84.4 Å². The minimum Gasteiger partial charge on any atom is -0.370 e. The van der Waals surface area contributed by atoms with E-state index in [1.807, 2.05) is 12.1 Å². The molecule has 0 saturated carbocycles. The number of pyridine rings is 1. The molecule has 0 radical (unpaired) electrons. The van der Waals surface area contributed by atoms with Crippen molar-refractivity contribution in [2.24, 2.45) is 0 Å². The number of piperazine rings is 1. The molecule has 2 aromatic heterocycles. The number of hydrogen-bond donors (Lipinski definition) is 1. The fourth-order valence-electron chi connectivity index (χ4n) is 5.98. The van der Waals surface area contributed by atoms with Crippen LogP contribution >= 0.6 is 0 Å². The van der Waals surface area contributed by atoms with E-state index in [-0.39, 0.29) is 12.2 Å². The zero-order valence-corrected chi connectivity index (χ0v) is 21.6. The molecule has 37 heavy (non-hydrogen) atoms. The first-order valence-corrected chi connectivity index (χ1v) is 13.3.